The van der Waals surface area contributed by atoms with Crippen LogP contribution in [-0.4, -0.2) is 123 Å². The maximum absolute atomic E-state index is 12.7. The van der Waals surface area contributed by atoms with E-state index in [9.17, 15) is 57.9 Å². The number of nitrogen functional groups attached to an aromatic ring is 1. The third kappa shape index (κ3) is 25.3. The molecule has 3 heterocycles. The Kier molecular flexibility index (Phi) is 30.9. The standard InChI is InChI=1S/C41H66N7O17P3S.CH4.Li.H/c1-4-5-6-7-8-9-10-11-12-13-14-15-16-17-18-19-20-21-32(50)69-25-24-43-31(49)22-23-44-39(53)36(52)41(2,3)27-62-68(59,60)65-67(57,58)61-26-30-35(64-66(54,55)56)34(51)40(63-30)48-29-47-33-37(42)45-28-46-38(33)48;;;/h8-9,11-12,14-15,17-18,28-30,34-36,40,51-52H,4-7,10,13,16,19-27H2,1-3H3,(H,43,49)(H,44,53)(H,57,58)(H,59,60)(H2,42,45,46)(H2,54,55,56);1H4;;/q;;+1;-1/t30-,34-,35-,36+,40-;;;/m1.../s1. The van der Waals surface area contributed by atoms with Crippen LogP contribution in [0.2, 0.25) is 0 Å². The van der Waals surface area contributed by atoms with Crippen molar-refractivity contribution in [2.24, 2.45) is 5.41 Å². The largest absolute Gasteiger partial charge is 1.00 e. The number of nitrogens with zero attached hydrogens (tertiary/aromatic N) is 4. The van der Waals surface area contributed by atoms with E-state index in [1.807, 2.05) is 0 Å². The van der Waals surface area contributed by atoms with Gasteiger partial charge < -0.3 is 52.3 Å². The fourth-order valence-electron chi connectivity index (χ4n) is 6.29. The summed E-state index contributed by atoms with van der Waals surface area (Å²) >= 11 is 1.11. The van der Waals surface area contributed by atoms with Gasteiger partial charge in [0.15, 0.2) is 22.8 Å². The Morgan fingerprint density at radius 3 is 2.13 bits per heavy atom. The normalized spacial score (nSPS) is 19.7. The van der Waals surface area contributed by atoms with Gasteiger partial charge in [0.2, 0.25) is 11.8 Å². The third-order valence-electron chi connectivity index (χ3n) is 9.97. The molecule has 10 N–H and O–H groups in total. The van der Waals surface area contributed by atoms with Gasteiger partial charge in [-0.1, -0.05) is 101 Å². The van der Waals surface area contributed by atoms with Crippen LogP contribution in [0.3, 0.4) is 0 Å². The molecule has 0 spiro atoms. The summed E-state index contributed by atoms with van der Waals surface area (Å²) in [5.41, 5.74) is 4.27. The zero-order chi connectivity index (χ0) is 51.1. The van der Waals surface area contributed by atoms with Crippen LogP contribution in [0.25, 0.3) is 11.2 Å². The van der Waals surface area contributed by atoms with Crippen LogP contribution in [0.1, 0.15) is 106 Å². The van der Waals surface area contributed by atoms with Gasteiger partial charge in [-0.25, -0.2) is 28.6 Å². The van der Waals surface area contributed by atoms with Crippen LogP contribution in [0.5, 0.6) is 0 Å². The Morgan fingerprint density at radius 2 is 1.51 bits per heavy atom. The number of ether oxygens (including phenoxy) is 1. The third-order valence-corrected chi connectivity index (χ3v) is 14.0. The van der Waals surface area contributed by atoms with Crippen LogP contribution >= 0.6 is 35.2 Å². The molecule has 2 amide bonds. The molecular weight excluding hydrogens is 1010 g/mol. The zero-order valence-electron chi connectivity index (χ0n) is 40.8. The molecule has 1 aliphatic rings. The van der Waals surface area contributed by atoms with E-state index in [-0.39, 0.29) is 69.3 Å². The number of nitrogens with one attached hydrogen (secondary N) is 2. The number of phosphoric ester groups is 3. The molecule has 0 aliphatic carbocycles. The van der Waals surface area contributed by atoms with Gasteiger partial charge in [-0.3, -0.25) is 32.5 Å². The minimum absolute atomic E-state index is 0. The molecular formula is C42H71LiN7O17P3S. The number of aliphatic hydroxyl groups is 2. The molecule has 398 valence electrons. The molecule has 2 aromatic rings. The fourth-order valence-corrected chi connectivity index (χ4v) is 9.84. The number of aliphatic hydroxyl groups excluding tert-OH is 2. The Labute approximate surface area is 432 Å². The second-order valence-corrected chi connectivity index (χ2v) is 21.7. The van der Waals surface area contributed by atoms with Gasteiger partial charge in [-0.15, -0.1) is 0 Å². The smallest absolute Gasteiger partial charge is 1.00 e. The molecule has 3 rings (SSSR count). The first kappa shape index (κ1) is 66.1. The first-order chi connectivity index (χ1) is 32.6. The van der Waals surface area contributed by atoms with E-state index in [1.54, 1.807) is 0 Å². The van der Waals surface area contributed by atoms with E-state index >= 15 is 0 Å². The maximum Gasteiger partial charge on any atom is 1.00 e. The van der Waals surface area contributed by atoms with Crippen molar-refractivity contribution < 1.29 is 101 Å². The zero-order valence-corrected chi connectivity index (χ0v) is 43.3. The topological polar surface area (TPSA) is 364 Å². The van der Waals surface area contributed by atoms with Crippen molar-refractivity contribution in [1.82, 2.24) is 30.2 Å². The molecule has 1 saturated heterocycles. The van der Waals surface area contributed by atoms with Crippen LogP contribution in [-0.2, 0) is 50.7 Å². The van der Waals surface area contributed by atoms with E-state index < -0.39 is 84.6 Å². The van der Waals surface area contributed by atoms with E-state index in [2.05, 4.69) is 90.0 Å². The summed E-state index contributed by atoms with van der Waals surface area (Å²) < 4.78 is 62.4. The minimum Gasteiger partial charge on any atom is -1.00 e. The number of amides is 2. The summed E-state index contributed by atoms with van der Waals surface area (Å²) in [6, 6.07) is 0. The SMILES string of the molecule is C.CCCCCC=CCC=CCC=CCC=CCCCC(=O)SCCNC(=O)CCNC(=O)[C@H](O)C(C)(C)COP(=O)(O)OP(=O)(O)OC[C@H]1O[C@@H](n2cnc3c(N)ncnc32)[C@H](O)[C@@H]1OP(=O)(O)O.[H-].[Li+]. The number of hydrogen-bond acceptors (Lipinski definition) is 18. The number of rotatable bonds is 33. The predicted octanol–water partition coefficient (Wildman–Crippen LogP) is 2.56. The van der Waals surface area contributed by atoms with E-state index in [4.69, 9.17) is 19.5 Å². The van der Waals surface area contributed by atoms with Crippen molar-refractivity contribution in [1.29, 1.82) is 0 Å². The summed E-state index contributed by atoms with van der Waals surface area (Å²) in [5.74, 6) is -1.09. The number of fused-ring (bicyclic) bond motifs is 1. The first-order valence-electron chi connectivity index (χ1n) is 22.2. The number of unbranched alkanes of at least 4 members (excludes halogenated alkanes) is 4. The first-order valence-corrected chi connectivity index (χ1v) is 27.7. The average Bonchev–Trinajstić information content (AvgIpc) is 3.84. The summed E-state index contributed by atoms with van der Waals surface area (Å²) in [7, 11) is -16.4. The summed E-state index contributed by atoms with van der Waals surface area (Å²) in [6.07, 6.45) is 19.7. The van der Waals surface area contributed by atoms with E-state index in [0.717, 1.165) is 61.1 Å². The van der Waals surface area contributed by atoms with Crippen molar-refractivity contribution in [2.45, 2.75) is 129 Å². The van der Waals surface area contributed by atoms with Gasteiger partial charge in [0.05, 0.1) is 19.5 Å². The number of thioether (sulfide) groups is 1. The number of carbonyl (C=O) groups excluding carboxylic acids is 3. The summed E-state index contributed by atoms with van der Waals surface area (Å²) in [4.78, 5) is 88.3. The predicted molar refractivity (Wildman–Crippen MR) is 263 cm³/mol. The fraction of sp³-hybridized carbons (Fsp3) is 0.619. The summed E-state index contributed by atoms with van der Waals surface area (Å²) in [5, 5.41) is 26.6. The van der Waals surface area contributed by atoms with E-state index in [1.165, 1.54) is 33.1 Å². The number of hydrogen-bond donors (Lipinski definition) is 9. The summed E-state index contributed by atoms with van der Waals surface area (Å²) in [6.45, 7) is 2.71. The van der Waals surface area contributed by atoms with Gasteiger partial charge in [0.1, 0.15) is 36.3 Å². The van der Waals surface area contributed by atoms with Crippen LogP contribution in [0.15, 0.2) is 61.3 Å². The minimum atomic E-state index is -5.58. The number of imidazole rings is 1. The Morgan fingerprint density at radius 1 is 0.901 bits per heavy atom. The van der Waals surface area contributed by atoms with Crippen molar-refractivity contribution in [2.75, 3.05) is 37.8 Å². The van der Waals surface area contributed by atoms with Crippen molar-refractivity contribution in [3.63, 3.8) is 0 Å². The molecule has 0 bridgehead atoms. The Balaban J connectivity index is 0.0000168. The van der Waals surface area contributed by atoms with Crippen molar-refractivity contribution >= 4 is 69.1 Å². The molecule has 0 saturated carbocycles. The molecule has 29 heteroatoms. The maximum atomic E-state index is 12.7. The molecule has 7 atom stereocenters. The van der Waals surface area contributed by atoms with Crippen molar-refractivity contribution in [3.05, 3.63) is 61.3 Å². The molecule has 1 aliphatic heterocycles. The van der Waals surface area contributed by atoms with Gasteiger partial charge in [-0.05, 0) is 44.9 Å². The monoisotopic (exact) mass is 1080 g/mol. The molecule has 0 radical (unpaired) electrons. The van der Waals surface area contributed by atoms with Gasteiger partial charge in [0, 0.05) is 37.1 Å². The Hall–Kier alpha value is -2.88. The molecule has 0 aromatic carbocycles. The van der Waals surface area contributed by atoms with Crippen LogP contribution in [0, 0.1) is 5.41 Å². The number of phosphoric acid groups is 3. The number of carbonyl (C=O) groups is 3. The Bertz CT molecular complexity index is 2240. The number of nitrogens with two attached hydrogens (primary N) is 1. The van der Waals surface area contributed by atoms with Crippen LogP contribution < -0.4 is 35.2 Å². The number of aromatic nitrogens is 4. The van der Waals surface area contributed by atoms with Gasteiger partial charge in [0.25, 0.3) is 0 Å². The molecule has 2 aromatic heterocycles. The second kappa shape index (κ2) is 33.1. The number of allylic oxidation sites excluding steroid dienone is 8. The van der Waals surface area contributed by atoms with E-state index in [0.29, 0.717) is 18.6 Å². The number of anilines is 1. The molecule has 24 nitrogen and oxygen atoms in total. The molecule has 2 unspecified atom stereocenters. The molecule has 71 heavy (non-hydrogen) atoms. The quantitative estimate of drug-likeness (QED) is 0.0215. The second-order valence-electron chi connectivity index (χ2n) is 16.3. The average molecular weight is 1080 g/mol. The molecule has 1 fully saturated rings. The van der Waals surface area contributed by atoms with Crippen molar-refractivity contribution in [3.8, 4) is 0 Å². The van der Waals surface area contributed by atoms with Gasteiger partial charge >= 0.3 is 42.3 Å². The van der Waals surface area contributed by atoms with Crippen LogP contribution in [0.4, 0.5) is 5.82 Å². The van der Waals surface area contributed by atoms with Gasteiger partial charge in [-0.2, -0.15) is 4.31 Å².